The van der Waals surface area contributed by atoms with Crippen LogP contribution in [0.25, 0.3) is 128 Å². The van der Waals surface area contributed by atoms with Crippen LogP contribution in [0.3, 0.4) is 0 Å². The molecule has 0 aliphatic heterocycles. The largest absolute Gasteiger partial charge is 0.307 e. The highest BCUT2D eigenvalue weighted by atomic mass is 15.1. The van der Waals surface area contributed by atoms with Crippen molar-refractivity contribution in [2.45, 2.75) is 0 Å². The highest BCUT2D eigenvalue weighted by Crippen LogP contribution is 2.45. The lowest BCUT2D eigenvalue weighted by Crippen LogP contribution is -2.10. The van der Waals surface area contributed by atoms with Crippen LogP contribution in [0.1, 0.15) is 16.4 Å². The predicted molar refractivity (Wildman–Crippen MR) is 287 cm³/mol. The Morgan fingerprint density at radius 2 is 0.623 bits per heavy atom. The van der Waals surface area contributed by atoms with E-state index in [1.54, 1.807) is 50.1 Å². The van der Waals surface area contributed by atoms with Gasteiger partial charge < -0.3 is 13.7 Å². The SMILES string of the molecule is [2H]c1cc([2H])c2c(c1)c1cc([2H])cc([2H])c1n2-c1cc(-c2cc(-c3ccc(-c4ccccc4)cc3)nc(-c3ccccc3)n2)cc(-n2c3c([2H])cc([2H])cc3c3cc([2H])cc([2H])c32)c1-n1c2c([2H])cc([2H])cc2c2cc([2H])cc([2H])c21. The van der Waals surface area contributed by atoms with Crippen LogP contribution in [0.4, 0.5) is 0 Å². The van der Waals surface area contributed by atoms with Gasteiger partial charge >= 0.3 is 0 Å². The average molecular weight is 892 g/mol. The molecule has 69 heavy (non-hydrogen) atoms. The zero-order valence-corrected chi connectivity index (χ0v) is 36.5. The lowest BCUT2D eigenvalue weighted by molar-refractivity contribution is 1.05. The molecule has 5 nitrogen and oxygen atoms in total. The molecule has 0 amide bonds. The molecule has 14 rings (SSSR count). The molecule has 4 heterocycles. The van der Waals surface area contributed by atoms with Crippen molar-refractivity contribution in [1.82, 2.24) is 23.7 Å². The topological polar surface area (TPSA) is 40.6 Å². The van der Waals surface area contributed by atoms with Crippen LogP contribution < -0.4 is 0 Å². The molecule has 0 spiro atoms. The molecule has 322 valence electrons. The second kappa shape index (κ2) is 15.7. The van der Waals surface area contributed by atoms with E-state index in [0.29, 0.717) is 60.7 Å². The van der Waals surface area contributed by atoms with E-state index in [1.807, 2.05) is 103 Å². The fourth-order valence-electron chi connectivity index (χ4n) is 9.91. The van der Waals surface area contributed by atoms with Gasteiger partial charge in [-0.15, -0.1) is 0 Å². The summed E-state index contributed by atoms with van der Waals surface area (Å²) in [6.07, 6.45) is 0. The van der Waals surface area contributed by atoms with Gasteiger partial charge in [0.2, 0.25) is 0 Å². The van der Waals surface area contributed by atoms with Crippen molar-refractivity contribution in [2.75, 3.05) is 0 Å². The molecule has 0 fully saturated rings. The Kier molecular flexibility index (Phi) is 6.50. The van der Waals surface area contributed by atoms with Gasteiger partial charge in [0.25, 0.3) is 0 Å². The number of para-hydroxylation sites is 6. The molecular formula is C64H41N5. The first-order valence-corrected chi connectivity index (χ1v) is 22.5. The molecule has 0 radical (unpaired) electrons. The molecule has 14 aromatic rings. The molecule has 0 unspecified atom stereocenters. The van der Waals surface area contributed by atoms with Crippen molar-refractivity contribution in [2.24, 2.45) is 0 Å². The predicted octanol–water partition coefficient (Wildman–Crippen LogP) is 16.4. The highest BCUT2D eigenvalue weighted by molar-refractivity contribution is 6.14. The smallest absolute Gasteiger partial charge is 0.160 e. The highest BCUT2D eigenvalue weighted by Gasteiger charge is 2.26. The van der Waals surface area contributed by atoms with Crippen molar-refractivity contribution in [3.05, 3.63) is 248 Å². The van der Waals surface area contributed by atoms with Crippen LogP contribution in [-0.2, 0) is 0 Å². The summed E-state index contributed by atoms with van der Waals surface area (Å²) >= 11 is 0. The fourth-order valence-corrected chi connectivity index (χ4v) is 9.91. The summed E-state index contributed by atoms with van der Waals surface area (Å²) in [7, 11) is 0. The maximum Gasteiger partial charge on any atom is 0.160 e. The summed E-state index contributed by atoms with van der Waals surface area (Å²) in [6, 6.07) is 50.8. The van der Waals surface area contributed by atoms with Gasteiger partial charge in [0.1, 0.15) is 0 Å². The molecule has 10 aromatic carbocycles. The second-order valence-corrected chi connectivity index (χ2v) is 16.8. The molecule has 0 atom stereocenters. The molecule has 0 saturated carbocycles. The minimum atomic E-state index is -0.101. The number of fused-ring (bicyclic) bond motifs is 9. The number of aromatic nitrogens is 5. The summed E-state index contributed by atoms with van der Waals surface area (Å²) in [4.78, 5) is 10.5. The van der Waals surface area contributed by atoms with E-state index in [4.69, 9.17) is 18.2 Å². The molecule has 0 bridgehead atoms. The molecule has 0 N–H and O–H groups in total. The summed E-state index contributed by atoms with van der Waals surface area (Å²) in [5, 5.41) is 2.41. The monoisotopic (exact) mass is 891 g/mol. The van der Waals surface area contributed by atoms with Gasteiger partial charge in [-0.1, -0.05) is 194 Å². The Balaban J connectivity index is 1.23. The van der Waals surface area contributed by atoms with Crippen LogP contribution in [0.15, 0.2) is 248 Å². The van der Waals surface area contributed by atoms with Crippen LogP contribution in [0, 0.1) is 0 Å². The third-order valence-electron chi connectivity index (χ3n) is 13.0. The van der Waals surface area contributed by atoms with Crippen LogP contribution in [0.2, 0.25) is 0 Å². The lowest BCUT2D eigenvalue weighted by Gasteiger charge is -2.23. The molecule has 5 heteroatoms. The van der Waals surface area contributed by atoms with Gasteiger partial charge in [0.05, 0.1) is 78.0 Å². The summed E-state index contributed by atoms with van der Waals surface area (Å²) in [5.41, 5.74) is 7.20. The molecule has 0 aliphatic rings. The van der Waals surface area contributed by atoms with Crippen molar-refractivity contribution in [3.8, 4) is 62.1 Å². The number of benzene rings is 10. The van der Waals surface area contributed by atoms with Crippen LogP contribution >= 0.6 is 0 Å². The minimum Gasteiger partial charge on any atom is -0.307 e. The van der Waals surface area contributed by atoms with Crippen LogP contribution in [0.5, 0.6) is 0 Å². The Bertz CT molecular complexity index is 4660. The van der Waals surface area contributed by atoms with Gasteiger partial charge in [-0.2, -0.15) is 0 Å². The first-order chi connectivity index (χ1) is 39.1. The van der Waals surface area contributed by atoms with Gasteiger partial charge in [-0.05, 0) is 65.6 Å². The van der Waals surface area contributed by atoms with E-state index in [9.17, 15) is 8.22 Å². The van der Waals surface area contributed by atoms with E-state index < -0.39 is 0 Å². The summed E-state index contributed by atoms with van der Waals surface area (Å²) in [6.45, 7) is 0. The Hall–Kier alpha value is -9.32. The van der Waals surface area contributed by atoms with E-state index in [-0.39, 0.29) is 123 Å². The standard InChI is InChI=1S/C64H41N5/c1-3-19-42(20-4-1)43-35-37-44(38-36-43)53-41-54(66-64(65-53)45-21-5-2-6-22-45)46-39-61(67-55-29-13-7-23-47(55)48-24-8-14-30-56(48)67)63(69-59-33-17-11-27-51(59)52-28-12-18-34-60(52)69)62(40-46)68-57-31-15-9-25-49(57)50-26-10-16-32-58(50)68/h1-41H/i7D,8D,9D,10D,11D,12D,29D,30D,31D,32D,33D,34D. The average Bonchev–Trinajstić information content (AvgIpc) is 4.24. The third kappa shape index (κ3) is 6.18. The Morgan fingerprint density at radius 3 is 1.03 bits per heavy atom. The quantitative estimate of drug-likeness (QED) is 0.160. The van der Waals surface area contributed by atoms with Gasteiger partial charge in [0, 0.05) is 49.0 Å². The first-order valence-electron chi connectivity index (χ1n) is 28.5. The van der Waals surface area contributed by atoms with Crippen molar-refractivity contribution < 1.29 is 16.4 Å². The normalized spacial score (nSPS) is 14.2. The first kappa shape index (κ1) is 28.7. The maximum atomic E-state index is 9.76. The minimum absolute atomic E-state index is 0.0164. The number of rotatable bonds is 7. The Morgan fingerprint density at radius 1 is 0.290 bits per heavy atom. The van der Waals surface area contributed by atoms with Gasteiger partial charge in [-0.3, -0.25) is 0 Å². The molecule has 0 aliphatic carbocycles. The number of hydrogen-bond donors (Lipinski definition) is 0. The van der Waals surface area contributed by atoms with Crippen molar-refractivity contribution in [1.29, 1.82) is 0 Å². The van der Waals surface area contributed by atoms with E-state index in [0.717, 1.165) is 16.7 Å². The van der Waals surface area contributed by atoms with Gasteiger partial charge in [0.15, 0.2) is 5.82 Å². The fraction of sp³-hybridized carbons (Fsp3) is 0. The summed E-state index contributed by atoms with van der Waals surface area (Å²) in [5.74, 6) is 0.384. The zero-order valence-electron chi connectivity index (χ0n) is 48.5. The van der Waals surface area contributed by atoms with E-state index in [1.165, 1.54) is 36.4 Å². The molecule has 0 saturated heterocycles. The summed E-state index contributed by atoms with van der Waals surface area (Å²) < 4.78 is 117. The van der Waals surface area contributed by atoms with E-state index >= 15 is 0 Å². The molecule has 4 aromatic heterocycles. The van der Waals surface area contributed by atoms with Crippen molar-refractivity contribution in [3.63, 3.8) is 0 Å². The maximum absolute atomic E-state index is 9.76. The lowest BCUT2D eigenvalue weighted by atomic mass is 10.0. The molecular weight excluding hydrogens is 839 g/mol. The zero-order chi connectivity index (χ0) is 55.9. The van der Waals surface area contributed by atoms with E-state index in [2.05, 4.69) is 0 Å². The number of nitrogens with zero attached hydrogens (tertiary/aromatic N) is 5. The van der Waals surface area contributed by atoms with Gasteiger partial charge in [-0.25, -0.2) is 9.97 Å². The van der Waals surface area contributed by atoms with Crippen molar-refractivity contribution >= 4 is 65.4 Å². The number of hydrogen-bond acceptors (Lipinski definition) is 2. The second-order valence-electron chi connectivity index (χ2n) is 16.8. The Labute approximate surface area is 414 Å². The third-order valence-corrected chi connectivity index (χ3v) is 13.0. The van der Waals surface area contributed by atoms with Crippen LogP contribution in [-0.4, -0.2) is 23.7 Å².